The van der Waals surface area contributed by atoms with E-state index in [2.05, 4.69) is 45.2 Å². The van der Waals surface area contributed by atoms with Gasteiger partial charge in [-0.05, 0) is 54.3 Å². The van der Waals surface area contributed by atoms with Gasteiger partial charge in [-0.2, -0.15) is 5.10 Å². The number of fused-ring (bicyclic) bond motifs is 2. The maximum absolute atomic E-state index is 16.2. The van der Waals surface area contributed by atoms with Crippen LogP contribution in [0.15, 0.2) is 55.1 Å². The van der Waals surface area contributed by atoms with Gasteiger partial charge >= 0.3 is 0 Å². The molecule has 1 aliphatic rings. The van der Waals surface area contributed by atoms with Crippen LogP contribution in [0.25, 0.3) is 56.0 Å². The molecule has 5 aromatic heterocycles. The number of aromatic amines is 2. The van der Waals surface area contributed by atoms with Crippen molar-refractivity contribution < 1.29 is 22.0 Å². The molecule has 0 aliphatic heterocycles. The first-order chi connectivity index (χ1) is 21.6. The number of nitrogens with zero attached hydrogens (tertiary/aromatic N) is 5. The molecular weight excluding hydrogens is 604 g/mol. The summed E-state index contributed by atoms with van der Waals surface area (Å²) in [5, 5.41) is 10.1. The van der Waals surface area contributed by atoms with Crippen molar-refractivity contribution in [2.24, 2.45) is 5.92 Å². The second kappa shape index (κ2) is 11.1. The Morgan fingerprint density at radius 3 is 2.67 bits per heavy atom. The molecule has 0 radical (unpaired) electrons. The number of halogens is 2. The van der Waals surface area contributed by atoms with Crippen LogP contribution in [0.5, 0.6) is 0 Å². The van der Waals surface area contributed by atoms with Crippen LogP contribution in [0.2, 0.25) is 0 Å². The van der Waals surface area contributed by atoms with Crippen molar-refractivity contribution in [3.8, 4) is 33.9 Å². The summed E-state index contributed by atoms with van der Waals surface area (Å²) in [7, 11) is -3.48. The highest BCUT2D eigenvalue weighted by molar-refractivity contribution is 7.88. The van der Waals surface area contributed by atoms with Gasteiger partial charge in [0.15, 0.2) is 17.3 Å². The van der Waals surface area contributed by atoms with E-state index < -0.39 is 21.7 Å². The molecule has 0 spiro atoms. The number of benzene rings is 1. The van der Waals surface area contributed by atoms with Crippen molar-refractivity contribution in [2.45, 2.75) is 25.8 Å². The Labute approximate surface area is 254 Å². The summed E-state index contributed by atoms with van der Waals surface area (Å²) in [5.41, 5.74) is 3.50. The Bertz CT molecular complexity index is 2230. The van der Waals surface area contributed by atoms with Gasteiger partial charge in [-0.1, -0.05) is 6.42 Å². The highest BCUT2D eigenvalue weighted by Gasteiger charge is 2.26. The lowest BCUT2D eigenvalue weighted by Gasteiger charge is -2.24. The average Bonchev–Trinajstić information content (AvgIpc) is 3.60. The minimum atomic E-state index is -3.48. The minimum absolute atomic E-state index is 0.0160. The molecule has 5 heterocycles. The first-order valence-electron chi connectivity index (χ1n) is 14.0. The number of aromatic nitrogens is 7. The molecule has 0 atom stereocenters. The van der Waals surface area contributed by atoms with Gasteiger partial charge in [0.1, 0.15) is 17.2 Å². The number of nitrogens with one attached hydrogen (secondary N) is 4. The quantitative estimate of drug-likeness (QED) is 0.188. The first-order valence-corrected chi connectivity index (χ1v) is 15.9. The second-order valence-corrected chi connectivity index (χ2v) is 12.8. The summed E-state index contributed by atoms with van der Waals surface area (Å²) in [6.45, 7) is -0.0910. The van der Waals surface area contributed by atoms with Crippen molar-refractivity contribution >= 4 is 43.7 Å². The molecule has 0 saturated heterocycles. The summed E-state index contributed by atoms with van der Waals surface area (Å²) in [4.78, 5) is 32.9. The van der Waals surface area contributed by atoms with E-state index in [1.165, 1.54) is 36.9 Å². The molecule has 12 nitrogen and oxygen atoms in total. The molecule has 45 heavy (non-hydrogen) atoms. The number of imidazole rings is 1. The van der Waals surface area contributed by atoms with E-state index in [9.17, 15) is 17.6 Å². The number of hydrogen-bond acceptors (Lipinski definition) is 8. The monoisotopic (exact) mass is 629 g/mol. The number of hydrogen-bond donors (Lipinski definition) is 4. The Morgan fingerprint density at radius 1 is 1.04 bits per heavy atom. The zero-order valence-corrected chi connectivity index (χ0v) is 24.5. The van der Waals surface area contributed by atoms with Crippen LogP contribution in [0, 0.1) is 17.6 Å². The van der Waals surface area contributed by atoms with Crippen LogP contribution < -0.4 is 10.0 Å². The van der Waals surface area contributed by atoms with E-state index in [0.29, 0.717) is 39.0 Å². The van der Waals surface area contributed by atoms with E-state index in [0.717, 1.165) is 25.5 Å². The number of carbonyl (C=O) groups is 1. The topological polar surface area (TPSA) is 171 Å². The maximum Gasteiger partial charge on any atom is 0.227 e. The maximum atomic E-state index is 16.2. The molecule has 6 aromatic rings. The second-order valence-electron chi connectivity index (χ2n) is 10.9. The summed E-state index contributed by atoms with van der Waals surface area (Å²) in [5.74, 6) is -1.11. The van der Waals surface area contributed by atoms with Crippen molar-refractivity contribution in [1.29, 1.82) is 0 Å². The fourth-order valence-electron chi connectivity index (χ4n) is 5.29. The Morgan fingerprint density at radius 2 is 1.89 bits per heavy atom. The minimum Gasteiger partial charge on any atom is -0.335 e. The van der Waals surface area contributed by atoms with E-state index in [1.54, 1.807) is 18.2 Å². The number of pyridine rings is 3. The van der Waals surface area contributed by atoms with E-state index in [-0.39, 0.29) is 46.6 Å². The fraction of sp³-hybridized carbons (Fsp3) is 0.200. The number of rotatable bonds is 8. The highest BCUT2D eigenvalue weighted by Crippen LogP contribution is 2.35. The lowest BCUT2D eigenvalue weighted by Crippen LogP contribution is -2.28. The molecule has 1 aliphatic carbocycles. The molecule has 1 aromatic carbocycles. The molecule has 1 fully saturated rings. The first kappa shape index (κ1) is 28.6. The normalized spacial score (nSPS) is 13.8. The highest BCUT2D eigenvalue weighted by atomic mass is 32.2. The van der Waals surface area contributed by atoms with Gasteiger partial charge in [-0.3, -0.25) is 19.9 Å². The van der Waals surface area contributed by atoms with Gasteiger partial charge in [0.25, 0.3) is 0 Å². The molecule has 1 saturated carbocycles. The molecule has 15 heteroatoms. The van der Waals surface area contributed by atoms with Crippen molar-refractivity contribution in [3.63, 3.8) is 0 Å². The molecule has 0 unspecified atom stereocenters. The van der Waals surface area contributed by atoms with Crippen molar-refractivity contribution in [1.82, 2.24) is 39.8 Å². The molecule has 1 amide bonds. The predicted molar refractivity (Wildman–Crippen MR) is 163 cm³/mol. The molecule has 7 rings (SSSR count). The summed E-state index contributed by atoms with van der Waals surface area (Å²) < 4.78 is 56.3. The van der Waals surface area contributed by atoms with Crippen LogP contribution in [-0.2, 0) is 21.4 Å². The fourth-order valence-corrected chi connectivity index (χ4v) is 5.72. The molecular formula is C30H25F2N9O3S. The smallest absolute Gasteiger partial charge is 0.227 e. The van der Waals surface area contributed by atoms with E-state index >= 15 is 4.39 Å². The Kier molecular flexibility index (Phi) is 7.05. The van der Waals surface area contributed by atoms with Gasteiger partial charge in [-0.15, -0.1) is 0 Å². The van der Waals surface area contributed by atoms with Crippen LogP contribution in [-0.4, -0.2) is 55.7 Å². The van der Waals surface area contributed by atoms with Gasteiger partial charge in [0, 0.05) is 36.0 Å². The Balaban J connectivity index is 1.26. The lowest BCUT2D eigenvalue weighted by atomic mass is 9.85. The molecule has 0 bridgehead atoms. The summed E-state index contributed by atoms with van der Waals surface area (Å²) >= 11 is 0. The van der Waals surface area contributed by atoms with Crippen LogP contribution in [0.4, 0.5) is 14.5 Å². The van der Waals surface area contributed by atoms with Gasteiger partial charge in [0.2, 0.25) is 15.9 Å². The summed E-state index contributed by atoms with van der Waals surface area (Å²) in [6.07, 6.45) is 9.68. The van der Waals surface area contributed by atoms with E-state index in [1.807, 2.05) is 0 Å². The van der Waals surface area contributed by atoms with Crippen LogP contribution in [0.3, 0.4) is 0 Å². The number of H-pyrrole nitrogens is 2. The van der Waals surface area contributed by atoms with Gasteiger partial charge < -0.3 is 10.3 Å². The average molecular weight is 630 g/mol. The summed E-state index contributed by atoms with van der Waals surface area (Å²) in [6, 6.07) is 7.52. The number of carbonyl (C=O) groups excluding carboxylic acids is 1. The third-order valence-corrected chi connectivity index (χ3v) is 8.39. The molecule has 4 N–H and O–H groups in total. The zero-order valence-electron chi connectivity index (χ0n) is 23.7. The number of sulfonamides is 1. The van der Waals surface area contributed by atoms with Crippen LogP contribution in [0.1, 0.15) is 24.8 Å². The molecule has 228 valence electrons. The van der Waals surface area contributed by atoms with Crippen LogP contribution >= 0.6 is 0 Å². The zero-order chi connectivity index (χ0) is 31.3. The van der Waals surface area contributed by atoms with Gasteiger partial charge in [-0.25, -0.2) is 31.9 Å². The Hall–Kier alpha value is -5.15. The largest absolute Gasteiger partial charge is 0.335 e. The SMILES string of the molecule is CS(=O)(=O)NCc1cc(F)cc(-c2ccnc3nc(-c4n[nH]c5cnc(-c6cncc(NC(=O)C7CCC7)c6)c(F)c45)[nH]c23)c1. The predicted octanol–water partition coefficient (Wildman–Crippen LogP) is 4.69. The number of amides is 1. The number of anilines is 1. The van der Waals surface area contributed by atoms with E-state index in [4.69, 9.17) is 0 Å². The third-order valence-electron chi connectivity index (χ3n) is 7.72. The third kappa shape index (κ3) is 5.62. The van der Waals surface area contributed by atoms with Crippen molar-refractivity contribution in [2.75, 3.05) is 11.6 Å². The standard InChI is InChI=1S/C30H25F2N9O3S/c1-45(43,44)36-11-15-7-17(9-19(31)8-15)21-5-6-34-28-26(21)38-29(39-28)27-23-22(40-41-27)14-35-25(24(23)32)18-10-20(13-33-12-18)37-30(42)16-3-2-4-16/h5-10,12-14,16,36H,2-4,11H2,1H3,(H,37,42)(H,40,41)(H,34,38,39). The lowest BCUT2D eigenvalue weighted by molar-refractivity contribution is -0.122. The van der Waals surface area contributed by atoms with Gasteiger partial charge in [0.05, 0.1) is 40.8 Å². The van der Waals surface area contributed by atoms with Crippen molar-refractivity contribution in [3.05, 3.63) is 72.3 Å².